The number of nitrogens with zero attached hydrogens (tertiary/aromatic N) is 2. The van der Waals surface area contributed by atoms with Crippen LogP contribution in [0.5, 0.6) is 0 Å². The second-order valence-electron chi connectivity index (χ2n) is 6.37. The number of anilines is 1. The highest BCUT2D eigenvalue weighted by atomic mass is 79.9. The topological polar surface area (TPSA) is 52.7 Å². The number of piperazine rings is 1. The number of carbonyl (C=O) groups is 2. The van der Waals surface area contributed by atoms with E-state index in [1.807, 2.05) is 59.5 Å². The molecule has 1 heterocycles. The molecule has 1 N–H and O–H groups in total. The summed E-state index contributed by atoms with van der Waals surface area (Å²) >= 11 is 3.40. The van der Waals surface area contributed by atoms with Crippen molar-refractivity contribution < 1.29 is 9.59 Å². The van der Waals surface area contributed by atoms with Crippen LogP contribution in [-0.4, -0.2) is 54.3 Å². The monoisotopic (exact) mass is 415 g/mol. The molecule has 0 spiro atoms. The van der Waals surface area contributed by atoms with E-state index in [9.17, 15) is 9.59 Å². The number of amides is 2. The van der Waals surface area contributed by atoms with Crippen LogP contribution in [0.2, 0.25) is 0 Å². The van der Waals surface area contributed by atoms with E-state index in [1.165, 1.54) is 0 Å². The molecular weight excluding hydrogens is 394 g/mol. The smallest absolute Gasteiger partial charge is 0.238 e. The van der Waals surface area contributed by atoms with Crippen LogP contribution >= 0.6 is 15.9 Å². The average Bonchev–Trinajstić information content (AvgIpc) is 2.65. The second kappa shape index (κ2) is 8.96. The van der Waals surface area contributed by atoms with E-state index in [0.29, 0.717) is 39.1 Å². The molecule has 0 bridgehead atoms. The number of benzene rings is 2. The van der Waals surface area contributed by atoms with Crippen molar-refractivity contribution in [3.05, 3.63) is 64.6 Å². The molecule has 6 heteroatoms. The van der Waals surface area contributed by atoms with Crippen LogP contribution in [0.25, 0.3) is 0 Å². The van der Waals surface area contributed by atoms with Gasteiger partial charge in [-0.25, -0.2) is 0 Å². The lowest BCUT2D eigenvalue weighted by Crippen LogP contribution is -2.50. The van der Waals surface area contributed by atoms with Crippen molar-refractivity contribution in [2.45, 2.75) is 6.42 Å². The Morgan fingerprint density at radius 1 is 0.923 bits per heavy atom. The van der Waals surface area contributed by atoms with Gasteiger partial charge in [-0.05, 0) is 29.8 Å². The van der Waals surface area contributed by atoms with Gasteiger partial charge in [0, 0.05) is 36.3 Å². The maximum Gasteiger partial charge on any atom is 0.238 e. The summed E-state index contributed by atoms with van der Waals surface area (Å²) in [7, 11) is 0. The zero-order chi connectivity index (χ0) is 18.4. The van der Waals surface area contributed by atoms with Gasteiger partial charge in [0.2, 0.25) is 11.8 Å². The highest BCUT2D eigenvalue weighted by Gasteiger charge is 2.22. The van der Waals surface area contributed by atoms with Crippen LogP contribution < -0.4 is 5.32 Å². The van der Waals surface area contributed by atoms with Crippen molar-refractivity contribution in [1.29, 1.82) is 0 Å². The van der Waals surface area contributed by atoms with Crippen molar-refractivity contribution in [2.24, 2.45) is 0 Å². The van der Waals surface area contributed by atoms with E-state index < -0.39 is 0 Å². The van der Waals surface area contributed by atoms with Crippen molar-refractivity contribution in [1.82, 2.24) is 9.80 Å². The molecule has 0 saturated carbocycles. The molecule has 1 aliphatic heterocycles. The molecule has 2 aromatic carbocycles. The van der Waals surface area contributed by atoms with Crippen LogP contribution in [0.3, 0.4) is 0 Å². The second-order valence-corrected chi connectivity index (χ2v) is 7.29. The minimum absolute atomic E-state index is 0.0224. The van der Waals surface area contributed by atoms with Crippen molar-refractivity contribution in [2.75, 3.05) is 38.0 Å². The SMILES string of the molecule is O=C(CN1CCN(C(=O)Cc2ccc(Br)cc2)CC1)Nc1ccccc1. The Hall–Kier alpha value is -2.18. The van der Waals surface area contributed by atoms with E-state index in [1.54, 1.807) is 0 Å². The lowest BCUT2D eigenvalue weighted by molar-refractivity contribution is -0.132. The third-order valence-electron chi connectivity index (χ3n) is 4.42. The molecule has 5 nitrogen and oxygen atoms in total. The standard InChI is InChI=1S/C20H22BrN3O2/c21-17-8-6-16(7-9-17)14-20(26)24-12-10-23(11-13-24)15-19(25)22-18-4-2-1-3-5-18/h1-9H,10-15H2,(H,22,25). The molecule has 136 valence electrons. The quantitative estimate of drug-likeness (QED) is 0.816. The van der Waals surface area contributed by atoms with Crippen LogP contribution in [0.15, 0.2) is 59.1 Å². The Balaban J connectivity index is 1.42. The Labute approximate surface area is 162 Å². The summed E-state index contributed by atoms with van der Waals surface area (Å²) in [5, 5.41) is 2.90. The van der Waals surface area contributed by atoms with Gasteiger partial charge in [-0.3, -0.25) is 14.5 Å². The zero-order valence-corrected chi connectivity index (χ0v) is 16.1. The Kier molecular flexibility index (Phi) is 6.41. The van der Waals surface area contributed by atoms with E-state index in [0.717, 1.165) is 15.7 Å². The first-order valence-corrected chi connectivity index (χ1v) is 9.49. The summed E-state index contributed by atoms with van der Waals surface area (Å²) in [4.78, 5) is 28.5. The van der Waals surface area contributed by atoms with Crippen LogP contribution in [-0.2, 0) is 16.0 Å². The fraction of sp³-hybridized carbons (Fsp3) is 0.300. The van der Waals surface area contributed by atoms with E-state index in [4.69, 9.17) is 0 Å². The maximum absolute atomic E-state index is 12.4. The molecule has 0 atom stereocenters. The van der Waals surface area contributed by atoms with Gasteiger partial charge in [-0.2, -0.15) is 0 Å². The Morgan fingerprint density at radius 2 is 1.58 bits per heavy atom. The van der Waals surface area contributed by atoms with Gasteiger partial charge >= 0.3 is 0 Å². The molecule has 2 amide bonds. The van der Waals surface area contributed by atoms with E-state index in [-0.39, 0.29) is 11.8 Å². The number of nitrogens with one attached hydrogen (secondary N) is 1. The molecular formula is C20H22BrN3O2. The third kappa shape index (κ3) is 5.41. The van der Waals surface area contributed by atoms with Crippen molar-refractivity contribution >= 4 is 33.4 Å². The summed E-state index contributed by atoms with van der Waals surface area (Å²) in [6, 6.07) is 17.3. The molecule has 3 rings (SSSR count). The Morgan fingerprint density at radius 3 is 2.23 bits per heavy atom. The van der Waals surface area contributed by atoms with Crippen molar-refractivity contribution in [3.63, 3.8) is 0 Å². The summed E-state index contributed by atoms with van der Waals surface area (Å²) in [6.07, 6.45) is 0.418. The lowest BCUT2D eigenvalue weighted by Gasteiger charge is -2.34. The van der Waals surface area contributed by atoms with Crippen molar-refractivity contribution in [3.8, 4) is 0 Å². The first-order valence-electron chi connectivity index (χ1n) is 8.69. The molecule has 26 heavy (non-hydrogen) atoms. The minimum Gasteiger partial charge on any atom is -0.340 e. The van der Waals surface area contributed by atoms with Gasteiger partial charge < -0.3 is 10.2 Å². The average molecular weight is 416 g/mol. The summed E-state index contributed by atoms with van der Waals surface area (Å²) in [5.74, 6) is 0.117. The Bertz CT molecular complexity index is 741. The van der Waals surface area contributed by atoms with Gasteiger partial charge in [0.15, 0.2) is 0 Å². The number of hydrogen-bond acceptors (Lipinski definition) is 3. The molecule has 0 aromatic heterocycles. The zero-order valence-electron chi connectivity index (χ0n) is 14.5. The van der Waals surface area contributed by atoms with Gasteiger partial charge in [0.1, 0.15) is 0 Å². The van der Waals surface area contributed by atoms with Gasteiger partial charge in [-0.1, -0.05) is 46.3 Å². The highest BCUT2D eigenvalue weighted by molar-refractivity contribution is 9.10. The highest BCUT2D eigenvalue weighted by Crippen LogP contribution is 2.12. The fourth-order valence-corrected chi connectivity index (χ4v) is 3.23. The molecule has 0 aliphatic carbocycles. The molecule has 0 unspecified atom stereocenters. The molecule has 2 aromatic rings. The normalized spacial score (nSPS) is 14.9. The first kappa shape index (κ1) is 18.6. The summed E-state index contributed by atoms with van der Waals surface area (Å²) in [5.41, 5.74) is 1.82. The van der Waals surface area contributed by atoms with Gasteiger partial charge in [0.05, 0.1) is 13.0 Å². The number of rotatable bonds is 5. The first-order chi connectivity index (χ1) is 12.6. The van der Waals surface area contributed by atoms with Gasteiger partial charge in [0.25, 0.3) is 0 Å². The number of hydrogen-bond donors (Lipinski definition) is 1. The van der Waals surface area contributed by atoms with Gasteiger partial charge in [-0.15, -0.1) is 0 Å². The van der Waals surface area contributed by atoms with Crippen LogP contribution in [0, 0.1) is 0 Å². The molecule has 0 radical (unpaired) electrons. The molecule has 1 fully saturated rings. The molecule has 1 saturated heterocycles. The minimum atomic E-state index is -0.0224. The predicted molar refractivity (Wildman–Crippen MR) is 106 cm³/mol. The molecule has 1 aliphatic rings. The summed E-state index contributed by atoms with van der Waals surface area (Å²) in [6.45, 7) is 3.11. The van der Waals surface area contributed by atoms with Crippen LogP contribution in [0.1, 0.15) is 5.56 Å². The number of carbonyl (C=O) groups excluding carboxylic acids is 2. The van der Waals surface area contributed by atoms with E-state index >= 15 is 0 Å². The lowest BCUT2D eigenvalue weighted by atomic mass is 10.1. The fourth-order valence-electron chi connectivity index (χ4n) is 2.97. The largest absolute Gasteiger partial charge is 0.340 e. The summed E-state index contributed by atoms with van der Waals surface area (Å²) < 4.78 is 1.01. The number of halogens is 1. The van der Waals surface area contributed by atoms with Crippen LogP contribution in [0.4, 0.5) is 5.69 Å². The third-order valence-corrected chi connectivity index (χ3v) is 4.95. The number of para-hydroxylation sites is 1. The maximum atomic E-state index is 12.4. The predicted octanol–water partition coefficient (Wildman–Crippen LogP) is 2.77. The van der Waals surface area contributed by atoms with E-state index in [2.05, 4.69) is 26.1 Å².